The second-order valence-electron chi connectivity index (χ2n) is 5.62. The highest BCUT2D eigenvalue weighted by molar-refractivity contribution is 4.82. The SMILES string of the molecule is CCC(CC)C1CC(C)C(C)C(C)C1. The summed E-state index contributed by atoms with van der Waals surface area (Å²) in [5, 5.41) is 0. The van der Waals surface area contributed by atoms with Gasteiger partial charge in [-0.1, -0.05) is 47.5 Å². The zero-order valence-corrected chi connectivity index (χ0v) is 10.7. The predicted molar refractivity (Wildman–Crippen MR) is 64.3 cm³/mol. The highest BCUT2D eigenvalue weighted by Gasteiger charge is 2.32. The Morgan fingerprint density at radius 1 is 0.929 bits per heavy atom. The molecule has 0 heterocycles. The van der Waals surface area contributed by atoms with Gasteiger partial charge in [-0.15, -0.1) is 0 Å². The van der Waals surface area contributed by atoms with Crippen molar-refractivity contribution in [2.75, 3.05) is 0 Å². The Hall–Kier alpha value is 0. The molecule has 0 spiro atoms. The topological polar surface area (TPSA) is 0 Å². The summed E-state index contributed by atoms with van der Waals surface area (Å²) < 4.78 is 0. The van der Waals surface area contributed by atoms with Crippen LogP contribution in [0.5, 0.6) is 0 Å². The summed E-state index contributed by atoms with van der Waals surface area (Å²) in [5.41, 5.74) is 0. The lowest BCUT2D eigenvalue weighted by Gasteiger charge is -2.40. The van der Waals surface area contributed by atoms with Crippen LogP contribution in [0.2, 0.25) is 0 Å². The summed E-state index contributed by atoms with van der Waals surface area (Å²) in [6.07, 6.45) is 5.74. The fraction of sp³-hybridized carbons (Fsp3) is 1.00. The molecule has 84 valence electrons. The zero-order chi connectivity index (χ0) is 10.7. The zero-order valence-electron chi connectivity index (χ0n) is 10.7. The molecular formula is C14H28. The first-order valence-electron chi connectivity index (χ1n) is 6.60. The second-order valence-corrected chi connectivity index (χ2v) is 5.62. The lowest BCUT2D eigenvalue weighted by molar-refractivity contribution is 0.0997. The summed E-state index contributed by atoms with van der Waals surface area (Å²) >= 11 is 0. The predicted octanol–water partition coefficient (Wildman–Crippen LogP) is 4.74. The standard InChI is InChI=1S/C14H28/c1-6-13(7-2)14-8-10(3)12(5)11(4)9-14/h10-14H,6-9H2,1-5H3. The summed E-state index contributed by atoms with van der Waals surface area (Å²) in [7, 11) is 0. The van der Waals surface area contributed by atoms with Crippen LogP contribution in [0.3, 0.4) is 0 Å². The van der Waals surface area contributed by atoms with E-state index in [4.69, 9.17) is 0 Å². The summed E-state index contributed by atoms with van der Waals surface area (Å²) in [6, 6.07) is 0. The normalized spacial score (nSPS) is 39.0. The molecule has 0 saturated heterocycles. The molecular weight excluding hydrogens is 168 g/mol. The van der Waals surface area contributed by atoms with Gasteiger partial charge < -0.3 is 0 Å². The molecule has 2 unspecified atom stereocenters. The molecule has 1 fully saturated rings. The van der Waals surface area contributed by atoms with Crippen LogP contribution < -0.4 is 0 Å². The van der Waals surface area contributed by atoms with Gasteiger partial charge in [0.15, 0.2) is 0 Å². The lowest BCUT2D eigenvalue weighted by atomic mass is 9.65. The molecule has 0 aromatic rings. The highest BCUT2D eigenvalue weighted by atomic mass is 14.4. The first-order valence-corrected chi connectivity index (χ1v) is 6.60. The maximum atomic E-state index is 2.45. The first-order chi connectivity index (χ1) is 6.60. The van der Waals surface area contributed by atoms with E-state index < -0.39 is 0 Å². The van der Waals surface area contributed by atoms with Crippen molar-refractivity contribution < 1.29 is 0 Å². The molecule has 1 aliphatic carbocycles. The van der Waals surface area contributed by atoms with E-state index in [9.17, 15) is 0 Å². The largest absolute Gasteiger partial charge is 0.0651 e. The molecule has 1 rings (SSSR count). The van der Waals surface area contributed by atoms with E-state index in [0.29, 0.717) is 0 Å². The Balaban J connectivity index is 2.56. The summed E-state index contributed by atoms with van der Waals surface area (Å²) in [4.78, 5) is 0. The van der Waals surface area contributed by atoms with E-state index in [1.807, 2.05) is 0 Å². The third-order valence-electron chi connectivity index (χ3n) is 4.86. The van der Waals surface area contributed by atoms with Crippen LogP contribution in [0.4, 0.5) is 0 Å². The average Bonchev–Trinajstić information content (AvgIpc) is 2.16. The quantitative estimate of drug-likeness (QED) is 0.611. The minimum absolute atomic E-state index is 0.945. The summed E-state index contributed by atoms with van der Waals surface area (Å²) in [5.74, 6) is 4.85. The highest BCUT2D eigenvalue weighted by Crippen LogP contribution is 2.42. The molecule has 0 bridgehead atoms. The Bertz CT molecular complexity index is 145. The molecule has 14 heavy (non-hydrogen) atoms. The van der Waals surface area contributed by atoms with Gasteiger partial charge in [0.05, 0.1) is 0 Å². The molecule has 0 N–H and O–H groups in total. The van der Waals surface area contributed by atoms with Gasteiger partial charge in [-0.3, -0.25) is 0 Å². The monoisotopic (exact) mass is 196 g/mol. The Morgan fingerprint density at radius 2 is 1.36 bits per heavy atom. The second kappa shape index (κ2) is 5.19. The molecule has 0 aromatic carbocycles. The Kier molecular flexibility index (Phi) is 4.47. The Labute approximate surface area is 90.5 Å². The van der Waals surface area contributed by atoms with Crippen molar-refractivity contribution in [1.29, 1.82) is 0 Å². The van der Waals surface area contributed by atoms with Crippen LogP contribution in [-0.2, 0) is 0 Å². The van der Waals surface area contributed by atoms with Crippen molar-refractivity contribution in [3.8, 4) is 0 Å². The molecule has 1 saturated carbocycles. The molecule has 2 atom stereocenters. The fourth-order valence-electron chi connectivity index (χ4n) is 3.38. The lowest BCUT2D eigenvalue weighted by Crippen LogP contribution is -2.31. The average molecular weight is 196 g/mol. The van der Waals surface area contributed by atoms with Crippen molar-refractivity contribution in [1.82, 2.24) is 0 Å². The Morgan fingerprint density at radius 3 is 1.71 bits per heavy atom. The van der Waals surface area contributed by atoms with E-state index in [1.54, 1.807) is 0 Å². The maximum Gasteiger partial charge on any atom is -0.0381 e. The van der Waals surface area contributed by atoms with Gasteiger partial charge in [-0.25, -0.2) is 0 Å². The number of rotatable bonds is 3. The van der Waals surface area contributed by atoms with Gasteiger partial charge in [-0.05, 0) is 42.4 Å². The number of hydrogen-bond donors (Lipinski definition) is 0. The van der Waals surface area contributed by atoms with Crippen molar-refractivity contribution in [2.45, 2.75) is 60.3 Å². The minimum Gasteiger partial charge on any atom is -0.0651 e. The van der Waals surface area contributed by atoms with E-state index in [2.05, 4.69) is 34.6 Å². The van der Waals surface area contributed by atoms with Crippen molar-refractivity contribution in [2.24, 2.45) is 29.6 Å². The van der Waals surface area contributed by atoms with E-state index in [0.717, 1.165) is 29.6 Å². The first kappa shape index (κ1) is 12.1. The molecule has 1 aliphatic rings. The van der Waals surface area contributed by atoms with Gasteiger partial charge in [0, 0.05) is 0 Å². The van der Waals surface area contributed by atoms with Gasteiger partial charge in [0.25, 0.3) is 0 Å². The minimum atomic E-state index is 0.945. The van der Waals surface area contributed by atoms with Crippen molar-refractivity contribution >= 4 is 0 Å². The molecule has 0 amide bonds. The summed E-state index contributed by atoms with van der Waals surface area (Å²) in [6.45, 7) is 12.1. The van der Waals surface area contributed by atoms with Crippen LogP contribution >= 0.6 is 0 Å². The van der Waals surface area contributed by atoms with Gasteiger partial charge in [-0.2, -0.15) is 0 Å². The van der Waals surface area contributed by atoms with Gasteiger partial charge in [0.2, 0.25) is 0 Å². The molecule has 0 heteroatoms. The third kappa shape index (κ3) is 2.52. The third-order valence-corrected chi connectivity index (χ3v) is 4.86. The van der Waals surface area contributed by atoms with E-state index in [1.165, 1.54) is 25.7 Å². The van der Waals surface area contributed by atoms with Gasteiger partial charge >= 0.3 is 0 Å². The molecule has 0 aromatic heterocycles. The van der Waals surface area contributed by atoms with E-state index in [-0.39, 0.29) is 0 Å². The van der Waals surface area contributed by atoms with Gasteiger partial charge in [0.1, 0.15) is 0 Å². The smallest absolute Gasteiger partial charge is 0.0381 e. The van der Waals surface area contributed by atoms with Crippen LogP contribution in [0, 0.1) is 29.6 Å². The molecule has 0 nitrogen and oxygen atoms in total. The van der Waals surface area contributed by atoms with E-state index >= 15 is 0 Å². The van der Waals surface area contributed by atoms with Crippen molar-refractivity contribution in [3.05, 3.63) is 0 Å². The molecule has 0 radical (unpaired) electrons. The van der Waals surface area contributed by atoms with Crippen LogP contribution in [0.1, 0.15) is 60.3 Å². The van der Waals surface area contributed by atoms with Crippen LogP contribution in [-0.4, -0.2) is 0 Å². The van der Waals surface area contributed by atoms with Crippen LogP contribution in [0.25, 0.3) is 0 Å². The van der Waals surface area contributed by atoms with Crippen molar-refractivity contribution in [3.63, 3.8) is 0 Å². The van der Waals surface area contributed by atoms with Crippen LogP contribution in [0.15, 0.2) is 0 Å². The number of hydrogen-bond acceptors (Lipinski definition) is 0. The fourth-order valence-corrected chi connectivity index (χ4v) is 3.38. The maximum absolute atomic E-state index is 2.45. The molecule has 0 aliphatic heterocycles.